The van der Waals surface area contributed by atoms with Crippen LogP contribution in [0.15, 0.2) is 0 Å². The zero-order chi connectivity index (χ0) is 12.1. The van der Waals surface area contributed by atoms with Crippen molar-refractivity contribution in [2.24, 2.45) is 11.1 Å². The van der Waals surface area contributed by atoms with Crippen molar-refractivity contribution in [1.82, 2.24) is 4.90 Å². The first-order chi connectivity index (χ1) is 6.82. The lowest BCUT2D eigenvalue weighted by molar-refractivity contribution is 0.200. The van der Waals surface area contributed by atoms with Crippen molar-refractivity contribution in [3.63, 3.8) is 0 Å². The fraction of sp³-hybridized carbons (Fsp3) is 1.00. The van der Waals surface area contributed by atoms with E-state index in [1.165, 1.54) is 12.8 Å². The smallest absolute Gasteiger partial charge is 0.00998 e. The van der Waals surface area contributed by atoms with Gasteiger partial charge in [0.2, 0.25) is 0 Å². The van der Waals surface area contributed by atoms with Crippen LogP contribution in [0.25, 0.3) is 0 Å². The molecule has 0 amide bonds. The summed E-state index contributed by atoms with van der Waals surface area (Å²) in [6, 6.07) is 1.02. The van der Waals surface area contributed by atoms with E-state index in [0.29, 0.717) is 6.04 Å². The van der Waals surface area contributed by atoms with Gasteiger partial charge in [0.1, 0.15) is 0 Å². The van der Waals surface area contributed by atoms with E-state index < -0.39 is 0 Å². The van der Waals surface area contributed by atoms with Gasteiger partial charge in [-0.25, -0.2) is 0 Å². The lowest BCUT2D eigenvalue weighted by Gasteiger charge is -2.31. The third kappa shape index (κ3) is 5.53. The normalized spacial score (nSPS) is 15.0. The van der Waals surface area contributed by atoms with Crippen molar-refractivity contribution in [3.8, 4) is 0 Å². The van der Waals surface area contributed by atoms with Crippen molar-refractivity contribution in [3.05, 3.63) is 0 Å². The minimum atomic E-state index is 0.231. The van der Waals surface area contributed by atoms with Crippen molar-refractivity contribution in [1.29, 1.82) is 0 Å². The molecule has 15 heavy (non-hydrogen) atoms. The van der Waals surface area contributed by atoms with E-state index in [-0.39, 0.29) is 5.41 Å². The number of nitrogens with two attached hydrogens (primary N) is 1. The summed E-state index contributed by atoms with van der Waals surface area (Å²) in [5.74, 6) is 0. The predicted molar refractivity (Wildman–Crippen MR) is 69.0 cm³/mol. The predicted octanol–water partition coefficient (Wildman–Crippen LogP) is 2.87. The maximum Gasteiger partial charge on any atom is 0.00998 e. The van der Waals surface area contributed by atoms with Crippen molar-refractivity contribution < 1.29 is 0 Å². The minimum absolute atomic E-state index is 0.231. The number of rotatable bonds is 6. The van der Waals surface area contributed by atoms with Crippen LogP contribution in [-0.4, -0.2) is 30.6 Å². The summed E-state index contributed by atoms with van der Waals surface area (Å²) in [5, 5.41) is 0. The number of nitrogens with zero attached hydrogens (tertiary/aromatic N) is 1. The van der Waals surface area contributed by atoms with E-state index in [1.807, 2.05) is 0 Å². The lowest BCUT2D eigenvalue weighted by atomic mass is 9.85. The molecule has 0 radical (unpaired) electrons. The highest BCUT2D eigenvalue weighted by Crippen LogP contribution is 2.20. The van der Waals surface area contributed by atoms with E-state index in [9.17, 15) is 0 Å². The highest BCUT2D eigenvalue weighted by Gasteiger charge is 2.21. The molecule has 0 aliphatic carbocycles. The van der Waals surface area contributed by atoms with Gasteiger partial charge >= 0.3 is 0 Å². The summed E-state index contributed by atoms with van der Waals surface area (Å²) >= 11 is 0. The van der Waals surface area contributed by atoms with Gasteiger partial charge in [-0.1, -0.05) is 34.6 Å². The van der Waals surface area contributed by atoms with Gasteiger partial charge in [0.15, 0.2) is 0 Å². The second-order valence-corrected chi connectivity index (χ2v) is 5.71. The largest absolute Gasteiger partial charge is 0.327 e. The molecule has 2 N–H and O–H groups in total. The van der Waals surface area contributed by atoms with Crippen LogP contribution < -0.4 is 5.73 Å². The maximum absolute atomic E-state index is 6.16. The van der Waals surface area contributed by atoms with Crippen molar-refractivity contribution in [2.45, 2.75) is 66.0 Å². The topological polar surface area (TPSA) is 29.3 Å². The highest BCUT2D eigenvalue weighted by molar-refractivity contribution is 4.78. The summed E-state index contributed by atoms with van der Waals surface area (Å²) < 4.78 is 0. The van der Waals surface area contributed by atoms with Gasteiger partial charge in [0, 0.05) is 12.1 Å². The quantitative estimate of drug-likeness (QED) is 0.736. The molecule has 2 nitrogen and oxygen atoms in total. The van der Waals surface area contributed by atoms with Crippen molar-refractivity contribution in [2.75, 3.05) is 13.6 Å². The molecule has 0 aromatic heterocycles. The molecular weight excluding hydrogens is 184 g/mol. The van der Waals surface area contributed by atoms with Gasteiger partial charge in [-0.15, -0.1) is 0 Å². The third-order valence-electron chi connectivity index (χ3n) is 3.47. The summed E-state index contributed by atoms with van der Waals surface area (Å²) in [6.07, 6.45) is 3.56. The molecule has 0 aliphatic heterocycles. The van der Waals surface area contributed by atoms with Crippen molar-refractivity contribution >= 4 is 0 Å². The molecule has 0 spiro atoms. The van der Waals surface area contributed by atoms with E-state index in [1.54, 1.807) is 0 Å². The van der Waals surface area contributed by atoms with Gasteiger partial charge in [-0.05, 0) is 38.3 Å². The molecule has 1 atom stereocenters. The van der Waals surface area contributed by atoms with Gasteiger partial charge < -0.3 is 10.6 Å². The fourth-order valence-corrected chi connectivity index (χ4v) is 1.87. The summed E-state index contributed by atoms with van der Waals surface area (Å²) in [4.78, 5) is 2.45. The molecule has 0 fully saturated rings. The Bertz CT molecular complexity index is 156. The second-order valence-electron chi connectivity index (χ2n) is 5.71. The first kappa shape index (κ1) is 14.9. The average Bonchev–Trinajstić information content (AvgIpc) is 2.14. The molecule has 1 unspecified atom stereocenters. The Morgan fingerprint density at radius 3 is 1.93 bits per heavy atom. The fourth-order valence-electron chi connectivity index (χ4n) is 1.87. The molecule has 0 aromatic carbocycles. The molecule has 2 heteroatoms. The molecular formula is C13H30N2. The summed E-state index contributed by atoms with van der Waals surface area (Å²) in [5.41, 5.74) is 6.39. The standard InChI is InChI=1S/C13H30N2/c1-7-11(8-2)15(6)10-9-12(14)13(3,4)5/h11-12H,7-10,14H2,1-6H3. The first-order valence-electron chi connectivity index (χ1n) is 6.28. The van der Waals surface area contributed by atoms with Crippen LogP contribution in [-0.2, 0) is 0 Å². The van der Waals surface area contributed by atoms with Crippen LogP contribution in [0.1, 0.15) is 53.9 Å². The van der Waals surface area contributed by atoms with Gasteiger partial charge in [0.05, 0.1) is 0 Å². The number of hydrogen-bond donors (Lipinski definition) is 1. The third-order valence-corrected chi connectivity index (χ3v) is 3.47. The molecule has 0 rings (SSSR count). The zero-order valence-electron chi connectivity index (χ0n) is 11.5. The van der Waals surface area contributed by atoms with Gasteiger partial charge in [-0.2, -0.15) is 0 Å². The Morgan fingerprint density at radius 2 is 1.60 bits per heavy atom. The van der Waals surface area contributed by atoms with Crippen LogP contribution in [0.4, 0.5) is 0 Å². The molecule has 0 saturated heterocycles. The SMILES string of the molecule is CCC(CC)N(C)CCC(N)C(C)(C)C. The van der Waals surface area contributed by atoms with Crippen LogP contribution in [0.5, 0.6) is 0 Å². The van der Waals surface area contributed by atoms with Gasteiger partial charge in [-0.3, -0.25) is 0 Å². The Hall–Kier alpha value is -0.0800. The average molecular weight is 214 g/mol. The maximum atomic E-state index is 6.16. The van der Waals surface area contributed by atoms with Crippen LogP contribution in [0.2, 0.25) is 0 Å². The Kier molecular flexibility index (Phi) is 6.46. The Balaban J connectivity index is 3.94. The van der Waals surface area contributed by atoms with E-state index >= 15 is 0 Å². The highest BCUT2D eigenvalue weighted by atomic mass is 15.1. The monoisotopic (exact) mass is 214 g/mol. The van der Waals surface area contributed by atoms with E-state index in [4.69, 9.17) is 5.73 Å². The Labute approximate surface area is 96.2 Å². The van der Waals surface area contributed by atoms with Crippen LogP contribution in [0.3, 0.4) is 0 Å². The van der Waals surface area contributed by atoms with E-state index in [2.05, 4.69) is 46.6 Å². The Morgan fingerprint density at radius 1 is 1.13 bits per heavy atom. The number of hydrogen-bond acceptors (Lipinski definition) is 2. The van der Waals surface area contributed by atoms with Crippen LogP contribution >= 0.6 is 0 Å². The molecule has 0 saturated carbocycles. The second kappa shape index (κ2) is 6.49. The minimum Gasteiger partial charge on any atom is -0.327 e. The first-order valence-corrected chi connectivity index (χ1v) is 6.28. The molecule has 0 bridgehead atoms. The van der Waals surface area contributed by atoms with E-state index in [0.717, 1.165) is 19.0 Å². The molecule has 0 aromatic rings. The zero-order valence-corrected chi connectivity index (χ0v) is 11.5. The summed E-state index contributed by atoms with van der Waals surface area (Å²) in [6.45, 7) is 12.3. The molecule has 0 heterocycles. The molecule has 92 valence electrons. The summed E-state index contributed by atoms with van der Waals surface area (Å²) in [7, 11) is 2.22. The lowest BCUT2D eigenvalue weighted by Crippen LogP contribution is -2.40. The molecule has 0 aliphatic rings. The van der Waals surface area contributed by atoms with Crippen LogP contribution in [0, 0.1) is 5.41 Å². The van der Waals surface area contributed by atoms with Gasteiger partial charge in [0.25, 0.3) is 0 Å².